The second-order valence-electron chi connectivity index (χ2n) is 23.5. The minimum absolute atomic E-state index is 0.0430. The van der Waals surface area contributed by atoms with Crippen LogP contribution in [0.1, 0.15) is 297 Å². The van der Waals surface area contributed by atoms with Crippen LogP contribution in [0.4, 0.5) is 0 Å². The van der Waals surface area contributed by atoms with Crippen LogP contribution in [-0.4, -0.2) is 99.6 Å². The highest BCUT2D eigenvalue weighted by Crippen LogP contribution is 2.26. The average molecular weight is 1170 g/mol. The lowest BCUT2D eigenvalue weighted by molar-refractivity contribution is -0.305. The Morgan fingerprint density at radius 2 is 0.867 bits per heavy atom. The molecule has 0 bridgehead atoms. The third kappa shape index (κ3) is 46.7. The van der Waals surface area contributed by atoms with Crippen molar-refractivity contribution in [3.8, 4) is 0 Å². The van der Waals surface area contributed by atoms with Crippen LogP contribution >= 0.6 is 0 Å². The number of nitrogens with one attached hydrogen (secondary N) is 1. The third-order valence-electron chi connectivity index (χ3n) is 15.8. The van der Waals surface area contributed by atoms with Gasteiger partial charge in [0.1, 0.15) is 24.4 Å². The maximum absolute atomic E-state index is 13.5. The highest BCUT2D eigenvalue weighted by Gasteiger charge is 2.47. The molecule has 0 aromatic carbocycles. The van der Waals surface area contributed by atoms with Crippen LogP contribution in [0.5, 0.6) is 0 Å². The molecule has 8 atom stereocenters. The summed E-state index contributed by atoms with van der Waals surface area (Å²) in [5, 5.41) is 57.1. The van der Waals surface area contributed by atoms with Crippen LogP contribution in [0.2, 0.25) is 0 Å². The van der Waals surface area contributed by atoms with E-state index in [2.05, 4.69) is 86.8 Å². The summed E-state index contributed by atoms with van der Waals surface area (Å²) in [5.74, 6) is -1.25. The molecule has 0 radical (unpaired) electrons. The van der Waals surface area contributed by atoms with Crippen LogP contribution in [0.25, 0.3) is 0 Å². The fraction of sp³-hybridized carbons (Fsp3) is 0.778. The molecular weight excluding hydrogens is 1040 g/mol. The molecule has 1 heterocycles. The van der Waals surface area contributed by atoms with Crippen molar-refractivity contribution < 1.29 is 49.3 Å². The third-order valence-corrected chi connectivity index (χ3v) is 15.8. The Hall–Kier alpha value is -3.16. The number of aliphatic hydroxyl groups is 5. The molecule has 0 aromatic rings. The standard InChI is InChI=1S/C72H127NO10/c1-4-7-10-13-16-19-22-25-27-29-30-31-32-33-34-35-37-38-41-44-47-50-53-56-59-65(76)71(80)73-63(64(75)58-55-52-49-46-43-40-24-21-18-15-12-9-6-3)62-81-72-70(69(79)68(78)66(61-74)82-72)83-67(77)60-57-54-51-48-45-42-39-36-28-26-23-20-17-14-11-8-5-2/h8,11,17,20,25-28,39,42,48,51,55,58,63-66,68-70,72,74-76,78-79H,4-7,9-10,12-16,18-19,21-24,29-38,40-41,43-47,49-50,52-54,56-57,59-62H2,1-3H3,(H,73,80)/b11-8-,20-17-,27-25+,28-26-,42-39-,51-48-,58-55+. The van der Waals surface area contributed by atoms with Crippen molar-refractivity contribution in [2.45, 2.75) is 346 Å². The molecule has 1 fully saturated rings. The Kier molecular flexibility index (Phi) is 55.5. The summed E-state index contributed by atoms with van der Waals surface area (Å²) >= 11 is 0. The van der Waals surface area contributed by atoms with E-state index < -0.39 is 67.4 Å². The molecule has 0 saturated carbocycles. The Morgan fingerprint density at radius 1 is 0.482 bits per heavy atom. The topological polar surface area (TPSA) is 175 Å². The van der Waals surface area contributed by atoms with E-state index in [4.69, 9.17) is 14.2 Å². The quantitative estimate of drug-likeness (QED) is 0.0195. The lowest BCUT2D eigenvalue weighted by Crippen LogP contribution is -2.61. The second-order valence-corrected chi connectivity index (χ2v) is 23.5. The molecule has 480 valence electrons. The highest BCUT2D eigenvalue weighted by atomic mass is 16.7. The van der Waals surface area contributed by atoms with Gasteiger partial charge in [-0.05, 0) is 89.9 Å². The predicted octanol–water partition coefficient (Wildman–Crippen LogP) is 17.3. The van der Waals surface area contributed by atoms with Crippen molar-refractivity contribution >= 4 is 11.9 Å². The molecule has 1 amide bonds. The number of rotatable bonds is 58. The van der Waals surface area contributed by atoms with Crippen molar-refractivity contribution in [2.75, 3.05) is 13.2 Å². The van der Waals surface area contributed by atoms with Crippen LogP contribution in [0.15, 0.2) is 85.1 Å². The Morgan fingerprint density at radius 3 is 1.31 bits per heavy atom. The zero-order valence-corrected chi connectivity index (χ0v) is 53.3. The molecule has 1 aliphatic rings. The SMILES string of the molecule is CC/C=C\C/C=C\C/C=C\C/C=C\C/C=C\CCCC(=O)OC1C(OCC(NC(=O)C(O)CCCCCCCCCCCCCCCC/C=C/CCCCCCCC)C(O)/C=C/CCCCCCCCCCCCC)OC(CO)C(O)C1O. The number of esters is 1. The number of aliphatic hydroxyl groups excluding tert-OH is 5. The minimum Gasteiger partial charge on any atom is -0.454 e. The van der Waals surface area contributed by atoms with E-state index in [9.17, 15) is 35.1 Å². The molecule has 1 saturated heterocycles. The number of amides is 1. The molecule has 6 N–H and O–H groups in total. The van der Waals surface area contributed by atoms with Gasteiger partial charge in [-0.3, -0.25) is 9.59 Å². The summed E-state index contributed by atoms with van der Waals surface area (Å²) in [6.45, 7) is 5.67. The molecule has 0 aliphatic carbocycles. The van der Waals surface area contributed by atoms with E-state index in [1.165, 1.54) is 173 Å². The Labute approximate surface area is 508 Å². The van der Waals surface area contributed by atoms with Gasteiger partial charge < -0.3 is 45.1 Å². The summed E-state index contributed by atoms with van der Waals surface area (Å²) in [6, 6.07) is -1.04. The first-order valence-corrected chi connectivity index (χ1v) is 34.4. The minimum atomic E-state index is -1.64. The maximum Gasteiger partial charge on any atom is 0.306 e. The van der Waals surface area contributed by atoms with Gasteiger partial charge >= 0.3 is 5.97 Å². The van der Waals surface area contributed by atoms with Crippen LogP contribution < -0.4 is 5.32 Å². The van der Waals surface area contributed by atoms with Gasteiger partial charge in [-0.25, -0.2) is 0 Å². The Bertz CT molecular complexity index is 1670. The van der Waals surface area contributed by atoms with Crippen molar-refractivity contribution in [2.24, 2.45) is 0 Å². The van der Waals surface area contributed by atoms with Gasteiger partial charge in [0.05, 0.1) is 25.4 Å². The van der Waals surface area contributed by atoms with Gasteiger partial charge in [0, 0.05) is 6.42 Å². The normalized spacial score (nSPS) is 19.1. The first kappa shape index (κ1) is 77.9. The summed E-state index contributed by atoms with van der Waals surface area (Å²) in [5.41, 5.74) is 0. The molecule has 1 rings (SSSR count). The van der Waals surface area contributed by atoms with E-state index in [0.717, 1.165) is 70.6 Å². The summed E-state index contributed by atoms with van der Waals surface area (Å²) in [7, 11) is 0. The number of allylic oxidation sites excluding steroid dienone is 13. The number of carbonyl (C=O) groups is 2. The van der Waals surface area contributed by atoms with Crippen molar-refractivity contribution in [3.05, 3.63) is 85.1 Å². The fourth-order valence-electron chi connectivity index (χ4n) is 10.4. The summed E-state index contributed by atoms with van der Waals surface area (Å²) in [6.07, 6.45) is 67.8. The van der Waals surface area contributed by atoms with E-state index in [0.29, 0.717) is 19.3 Å². The maximum atomic E-state index is 13.5. The number of hydrogen-bond acceptors (Lipinski definition) is 10. The smallest absolute Gasteiger partial charge is 0.306 e. The number of carbonyl (C=O) groups excluding carboxylic acids is 2. The van der Waals surface area contributed by atoms with E-state index in [-0.39, 0.29) is 19.4 Å². The largest absolute Gasteiger partial charge is 0.454 e. The molecule has 0 spiro atoms. The zero-order valence-electron chi connectivity index (χ0n) is 53.3. The fourth-order valence-corrected chi connectivity index (χ4v) is 10.4. The summed E-state index contributed by atoms with van der Waals surface area (Å²) < 4.78 is 17.6. The highest BCUT2D eigenvalue weighted by molar-refractivity contribution is 5.80. The average Bonchev–Trinajstić information content (AvgIpc) is 3.58. The van der Waals surface area contributed by atoms with E-state index >= 15 is 0 Å². The summed E-state index contributed by atoms with van der Waals surface area (Å²) in [4.78, 5) is 26.6. The van der Waals surface area contributed by atoms with Gasteiger partial charge in [-0.1, -0.05) is 286 Å². The van der Waals surface area contributed by atoms with Gasteiger partial charge in [0.2, 0.25) is 5.91 Å². The van der Waals surface area contributed by atoms with Crippen LogP contribution in [0, 0.1) is 0 Å². The molecule has 8 unspecified atom stereocenters. The first-order chi connectivity index (χ1) is 40.7. The molecule has 11 nitrogen and oxygen atoms in total. The predicted molar refractivity (Wildman–Crippen MR) is 347 cm³/mol. The first-order valence-electron chi connectivity index (χ1n) is 34.4. The van der Waals surface area contributed by atoms with Gasteiger partial charge in [0.15, 0.2) is 12.4 Å². The second kappa shape index (κ2) is 59.2. The number of hydrogen-bond donors (Lipinski definition) is 6. The number of unbranched alkanes of at least 4 members (excludes halogenated alkanes) is 32. The van der Waals surface area contributed by atoms with Crippen molar-refractivity contribution in [3.63, 3.8) is 0 Å². The van der Waals surface area contributed by atoms with Crippen molar-refractivity contribution in [1.82, 2.24) is 5.32 Å². The molecule has 83 heavy (non-hydrogen) atoms. The lowest BCUT2D eigenvalue weighted by atomic mass is 9.99. The lowest BCUT2D eigenvalue weighted by Gasteiger charge is -2.41. The van der Waals surface area contributed by atoms with Crippen LogP contribution in [0.3, 0.4) is 0 Å². The molecule has 1 aliphatic heterocycles. The van der Waals surface area contributed by atoms with E-state index in [1.807, 2.05) is 18.2 Å². The van der Waals surface area contributed by atoms with E-state index in [1.54, 1.807) is 6.08 Å². The molecule has 11 heteroatoms. The Balaban J connectivity index is 2.63. The molecule has 0 aromatic heterocycles. The van der Waals surface area contributed by atoms with Crippen molar-refractivity contribution in [1.29, 1.82) is 0 Å². The van der Waals surface area contributed by atoms with Gasteiger partial charge in [0.25, 0.3) is 0 Å². The molecular formula is C72H127NO10. The monoisotopic (exact) mass is 1170 g/mol. The number of ether oxygens (including phenoxy) is 3. The van der Waals surface area contributed by atoms with Gasteiger partial charge in [-0.15, -0.1) is 0 Å². The van der Waals surface area contributed by atoms with Crippen LogP contribution in [-0.2, 0) is 23.8 Å². The van der Waals surface area contributed by atoms with Gasteiger partial charge in [-0.2, -0.15) is 0 Å². The zero-order chi connectivity index (χ0) is 60.3.